The lowest BCUT2D eigenvalue weighted by Gasteiger charge is -2.11. The van der Waals surface area contributed by atoms with Crippen LogP contribution >= 0.6 is 11.6 Å². The molecule has 1 unspecified atom stereocenters. The number of nitrogens with zero attached hydrogens (tertiary/aromatic N) is 1. The molecule has 0 spiro atoms. The third-order valence-electron chi connectivity index (χ3n) is 3.89. The van der Waals surface area contributed by atoms with Crippen molar-refractivity contribution in [3.8, 4) is 11.5 Å². The van der Waals surface area contributed by atoms with E-state index in [0.29, 0.717) is 11.3 Å². The van der Waals surface area contributed by atoms with E-state index in [4.69, 9.17) is 21.1 Å². The fourth-order valence-corrected chi connectivity index (χ4v) is 2.49. The maximum Gasteiger partial charge on any atom is 0.329 e. The quantitative estimate of drug-likeness (QED) is 0.353. The number of alkyl halides is 1. The van der Waals surface area contributed by atoms with Crippen molar-refractivity contribution in [2.24, 2.45) is 0 Å². The van der Waals surface area contributed by atoms with E-state index in [1.54, 1.807) is 18.2 Å². The first-order valence-corrected chi connectivity index (χ1v) is 8.50. The number of hydrogen-bond donors (Lipinski definition) is 0. The number of carbonyl (C=O) groups is 2. The second-order valence-electron chi connectivity index (χ2n) is 6.12. The van der Waals surface area contributed by atoms with E-state index < -0.39 is 11.3 Å². The zero-order valence-electron chi connectivity index (χ0n) is 14.7. The first-order chi connectivity index (χ1) is 12.3. The maximum atomic E-state index is 12.5. The summed E-state index contributed by atoms with van der Waals surface area (Å²) in [6.07, 6.45) is 1.69. The highest BCUT2D eigenvalue weighted by atomic mass is 35.5. The summed E-state index contributed by atoms with van der Waals surface area (Å²) in [6, 6.07) is 12.4. The Kier molecular flexibility index (Phi) is 5.00. The number of hydrogen-bond acceptors (Lipinski definition) is 5. The predicted octanol–water partition coefficient (Wildman–Crippen LogP) is 3.90. The Morgan fingerprint density at radius 2 is 1.88 bits per heavy atom. The Labute approximate surface area is 156 Å². The largest absolute Gasteiger partial charge is 0.452 e. The maximum absolute atomic E-state index is 12.5. The summed E-state index contributed by atoms with van der Waals surface area (Å²) in [6.45, 7) is 1.53. The molecule has 0 N–H and O–H groups in total. The number of fused-ring (bicyclic) bond motifs is 1. The molecule has 0 aliphatic carbocycles. The molecular weight excluding hydrogens is 354 g/mol. The standard InChI is InChI=1S/C20H18ClNO4/c1-12(21)20(24)25-15-8-9-16-17(11-15)26-18(19(16)23)10-13-4-6-14(7-5-13)22(2)3/h4-12H,1-3H3/b18-10-. The number of Topliss-reactive ketones (excluding diaryl/α,β-unsaturated/α-hetero) is 1. The molecule has 0 bridgehead atoms. The highest BCUT2D eigenvalue weighted by Gasteiger charge is 2.28. The Hall–Kier alpha value is -2.79. The molecule has 0 saturated carbocycles. The van der Waals surface area contributed by atoms with Crippen molar-refractivity contribution < 1.29 is 19.1 Å². The molecule has 26 heavy (non-hydrogen) atoms. The number of benzene rings is 2. The predicted molar refractivity (Wildman–Crippen MR) is 101 cm³/mol. The summed E-state index contributed by atoms with van der Waals surface area (Å²) < 4.78 is 10.8. The van der Waals surface area contributed by atoms with E-state index in [2.05, 4.69) is 0 Å². The molecule has 2 aromatic carbocycles. The molecule has 0 amide bonds. The SMILES string of the molecule is CC(Cl)C(=O)Oc1ccc2c(c1)O/C(=C\c1ccc(N(C)C)cc1)C2=O. The number of carbonyl (C=O) groups excluding carboxylic acids is 2. The summed E-state index contributed by atoms with van der Waals surface area (Å²) in [5.74, 6) is 0.101. The van der Waals surface area contributed by atoms with Gasteiger partial charge in [-0.25, -0.2) is 0 Å². The van der Waals surface area contributed by atoms with Crippen molar-refractivity contribution >= 4 is 35.1 Å². The van der Waals surface area contributed by atoms with Crippen LogP contribution in [0.2, 0.25) is 0 Å². The Morgan fingerprint density at radius 3 is 2.50 bits per heavy atom. The van der Waals surface area contributed by atoms with Crippen molar-refractivity contribution in [2.75, 3.05) is 19.0 Å². The lowest BCUT2D eigenvalue weighted by Crippen LogP contribution is -2.17. The van der Waals surface area contributed by atoms with Crippen LogP contribution in [-0.4, -0.2) is 31.2 Å². The Morgan fingerprint density at radius 1 is 1.19 bits per heavy atom. The van der Waals surface area contributed by atoms with Gasteiger partial charge in [-0.2, -0.15) is 0 Å². The van der Waals surface area contributed by atoms with E-state index in [0.717, 1.165) is 11.3 Å². The fraction of sp³-hybridized carbons (Fsp3) is 0.200. The van der Waals surface area contributed by atoms with Crippen LogP contribution in [0.3, 0.4) is 0 Å². The monoisotopic (exact) mass is 371 g/mol. The average molecular weight is 372 g/mol. The minimum absolute atomic E-state index is 0.208. The zero-order valence-corrected chi connectivity index (χ0v) is 15.4. The normalized spacial score (nSPS) is 15.4. The van der Waals surface area contributed by atoms with Crippen molar-refractivity contribution in [1.82, 2.24) is 0 Å². The van der Waals surface area contributed by atoms with Gasteiger partial charge in [-0.15, -0.1) is 11.6 Å². The number of rotatable bonds is 4. The molecule has 1 heterocycles. The summed E-state index contributed by atoms with van der Waals surface area (Å²) >= 11 is 5.69. The number of ether oxygens (including phenoxy) is 2. The van der Waals surface area contributed by atoms with Crippen molar-refractivity contribution in [2.45, 2.75) is 12.3 Å². The molecule has 2 aromatic rings. The number of ketones is 1. The van der Waals surface area contributed by atoms with Gasteiger partial charge in [-0.1, -0.05) is 12.1 Å². The van der Waals surface area contributed by atoms with Gasteiger partial charge in [-0.05, 0) is 42.8 Å². The molecule has 134 valence electrons. The average Bonchev–Trinajstić information content (AvgIpc) is 2.90. The van der Waals surface area contributed by atoms with E-state index in [1.165, 1.54) is 13.0 Å². The Bertz CT molecular complexity index is 885. The topological polar surface area (TPSA) is 55.8 Å². The molecule has 1 aliphatic rings. The van der Waals surface area contributed by atoms with Crippen LogP contribution in [-0.2, 0) is 4.79 Å². The zero-order chi connectivity index (χ0) is 18.8. The summed E-state index contributed by atoms with van der Waals surface area (Å²) in [7, 11) is 3.92. The first-order valence-electron chi connectivity index (χ1n) is 8.06. The molecule has 0 aromatic heterocycles. The highest BCUT2D eigenvalue weighted by molar-refractivity contribution is 6.29. The van der Waals surface area contributed by atoms with Gasteiger partial charge in [0.05, 0.1) is 5.56 Å². The van der Waals surface area contributed by atoms with E-state index >= 15 is 0 Å². The molecule has 0 saturated heterocycles. The molecule has 0 radical (unpaired) electrons. The van der Waals surface area contributed by atoms with Gasteiger partial charge in [0.15, 0.2) is 5.76 Å². The van der Waals surface area contributed by atoms with Gasteiger partial charge in [0.2, 0.25) is 5.78 Å². The smallest absolute Gasteiger partial charge is 0.329 e. The van der Waals surface area contributed by atoms with Crippen LogP contribution in [0.15, 0.2) is 48.2 Å². The number of esters is 1. The van der Waals surface area contributed by atoms with Gasteiger partial charge in [-0.3, -0.25) is 9.59 Å². The molecule has 3 rings (SSSR count). The van der Waals surface area contributed by atoms with Crippen LogP contribution in [0.1, 0.15) is 22.8 Å². The number of allylic oxidation sites excluding steroid dienone is 1. The molecular formula is C20H18ClNO4. The third kappa shape index (κ3) is 3.73. The van der Waals surface area contributed by atoms with Crippen molar-refractivity contribution in [3.63, 3.8) is 0 Å². The van der Waals surface area contributed by atoms with E-state index in [9.17, 15) is 9.59 Å². The minimum atomic E-state index is -0.758. The molecule has 6 heteroatoms. The van der Waals surface area contributed by atoms with Crippen molar-refractivity contribution in [1.29, 1.82) is 0 Å². The van der Waals surface area contributed by atoms with Crippen LogP contribution in [0.4, 0.5) is 5.69 Å². The number of anilines is 1. The van der Waals surface area contributed by atoms with Gasteiger partial charge in [0, 0.05) is 25.8 Å². The van der Waals surface area contributed by atoms with Gasteiger partial charge < -0.3 is 14.4 Å². The van der Waals surface area contributed by atoms with Crippen LogP contribution in [0.5, 0.6) is 11.5 Å². The summed E-state index contributed by atoms with van der Waals surface area (Å²) in [5, 5.41) is -0.758. The molecule has 1 aliphatic heterocycles. The Balaban J connectivity index is 1.81. The van der Waals surface area contributed by atoms with Gasteiger partial charge in [0.1, 0.15) is 16.9 Å². The lowest BCUT2D eigenvalue weighted by atomic mass is 10.1. The second-order valence-corrected chi connectivity index (χ2v) is 6.78. The van der Waals surface area contributed by atoms with Crippen molar-refractivity contribution in [3.05, 3.63) is 59.4 Å². The van der Waals surface area contributed by atoms with Gasteiger partial charge >= 0.3 is 5.97 Å². The van der Waals surface area contributed by atoms with E-state index in [1.807, 2.05) is 43.3 Å². The van der Waals surface area contributed by atoms with Crippen LogP contribution in [0.25, 0.3) is 6.08 Å². The second kappa shape index (κ2) is 7.22. The fourth-order valence-electron chi connectivity index (χ4n) is 2.45. The third-order valence-corrected chi connectivity index (χ3v) is 4.07. The minimum Gasteiger partial charge on any atom is -0.452 e. The molecule has 1 atom stereocenters. The van der Waals surface area contributed by atoms with E-state index in [-0.39, 0.29) is 17.3 Å². The van der Waals surface area contributed by atoms with Gasteiger partial charge in [0.25, 0.3) is 0 Å². The summed E-state index contributed by atoms with van der Waals surface area (Å²) in [5.41, 5.74) is 2.35. The van der Waals surface area contributed by atoms with Crippen LogP contribution in [0, 0.1) is 0 Å². The first kappa shape index (κ1) is 18.0. The van der Waals surface area contributed by atoms with Crippen LogP contribution < -0.4 is 14.4 Å². The lowest BCUT2D eigenvalue weighted by molar-refractivity contribution is -0.133. The molecule has 5 nitrogen and oxygen atoms in total. The summed E-state index contributed by atoms with van der Waals surface area (Å²) in [4.78, 5) is 26.1. The molecule has 0 fully saturated rings. The highest BCUT2D eigenvalue weighted by Crippen LogP contribution is 2.35. The number of halogens is 1.